The average Bonchev–Trinajstić information content (AvgIpc) is 2.50. The van der Waals surface area contributed by atoms with Gasteiger partial charge in [-0.1, -0.05) is 57.6 Å². The third-order valence-electron chi connectivity index (χ3n) is 3.65. The summed E-state index contributed by atoms with van der Waals surface area (Å²) in [7, 11) is 0. The Morgan fingerprint density at radius 3 is 2.10 bits per heavy atom. The van der Waals surface area contributed by atoms with Crippen LogP contribution in [0.15, 0.2) is 12.2 Å². The second-order valence-corrected chi connectivity index (χ2v) is 5.77. The van der Waals surface area contributed by atoms with E-state index in [1.807, 2.05) is 0 Å². The normalized spacial score (nSPS) is 11.5. The number of hydrogen-bond acceptors (Lipinski definition) is 3. The highest BCUT2D eigenvalue weighted by atomic mass is 16.3. The maximum Gasteiger partial charge on any atom is 0.0555 e. The standard InChI is InChI=1S/C18H38N2O/c1-2-3-4-8-11-14-19-15-12-9-6-5-7-10-13-16-20-17-18-21/h9,12,19-21H,2-8,10-11,13-18H2,1H3/b12-9+. The van der Waals surface area contributed by atoms with Crippen LogP contribution in [0.25, 0.3) is 0 Å². The Labute approximate surface area is 132 Å². The number of aliphatic hydroxyl groups excluding tert-OH is 1. The zero-order valence-electron chi connectivity index (χ0n) is 14.2. The van der Waals surface area contributed by atoms with Gasteiger partial charge in [-0.25, -0.2) is 0 Å². The molecule has 126 valence electrons. The molecule has 0 aliphatic carbocycles. The van der Waals surface area contributed by atoms with Gasteiger partial charge in [0.15, 0.2) is 0 Å². The Balaban J connectivity index is 3.02. The zero-order valence-corrected chi connectivity index (χ0v) is 14.2. The Hall–Kier alpha value is -0.380. The van der Waals surface area contributed by atoms with E-state index in [1.54, 1.807) is 0 Å². The van der Waals surface area contributed by atoms with Gasteiger partial charge in [-0.05, 0) is 38.8 Å². The van der Waals surface area contributed by atoms with Crippen LogP contribution in [0.4, 0.5) is 0 Å². The van der Waals surface area contributed by atoms with Crippen LogP contribution in [0.1, 0.15) is 71.1 Å². The van der Waals surface area contributed by atoms with Crippen LogP contribution >= 0.6 is 0 Å². The monoisotopic (exact) mass is 298 g/mol. The third kappa shape index (κ3) is 19.6. The van der Waals surface area contributed by atoms with E-state index in [2.05, 4.69) is 29.7 Å². The Morgan fingerprint density at radius 2 is 1.38 bits per heavy atom. The van der Waals surface area contributed by atoms with Gasteiger partial charge in [0.2, 0.25) is 0 Å². The first-order chi connectivity index (χ1) is 10.4. The number of nitrogens with one attached hydrogen (secondary N) is 2. The molecule has 0 bridgehead atoms. The Morgan fingerprint density at radius 1 is 0.714 bits per heavy atom. The maximum absolute atomic E-state index is 8.62. The molecule has 0 fully saturated rings. The second-order valence-electron chi connectivity index (χ2n) is 5.77. The topological polar surface area (TPSA) is 44.3 Å². The summed E-state index contributed by atoms with van der Waals surface area (Å²) in [6, 6.07) is 0. The predicted octanol–water partition coefficient (Wildman–Crippen LogP) is 3.64. The molecule has 3 nitrogen and oxygen atoms in total. The quantitative estimate of drug-likeness (QED) is 0.284. The fourth-order valence-electron chi connectivity index (χ4n) is 2.31. The molecule has 0 unspecified atom stereocenters. The summed E-state index contributed by atoms with van der Waals surface area (Å²) >= 11 is 0. The molecule has 0 aromatic carbocycles. The lowest BCUT2D eigenvalue weighted by atomic mass is 10.1. The van der Waals surface area contributed by atoms with Gasteiger partial charge < -0.3 is 15.7 Å². The molecule has 3 N–H and O–H groups in total. The zero-order chi connectivity index (χ0) is 15.4. The minimum atomic E-state index is 0.248. The van der Waals surface area contributed by atoms with Crippen LogP contribution in [0.5, 0.6) is 0 Å². The molecule has 0 aliphatic rings. The number of rotatable bonds is 17. The molecular formula is C18H38N2O. The van der Waals surface area contributed by atoms with E-state index < -0.39 is 0 Å². The first-order valence-electron chi connectivity index (χ1n) is 9.09. The Bertz CT molecular complexity index is 207. The molecule has 0 rings (SSSR count). The Kier molecular flexibility index (Phi) is 19.3. The lowest BCUT2D eigenvalue weighted by molar-refractivity contribution is 0.292. The molecule has 3 heteroatoms. The van der Waals surface area contributed by atoms with Gasteiger partial charge in [0.1, 0.15) is 0 Å². The van der Waals surface area contributed by atoms with Crippen molar-refractivity contribution in [2.75, 3.05) is 32.8 Å². The summed E-state index contributed by atoms with van der Waals surface area (Å²) < 4.78 is 0. The van der Waals surface area contributed by atoms with Crippen molar-refractivity contribution in [3.05, 3.63) is 12.2 Å². The summed E-state index contributed by atoms with van der Waals surface area (Å²) in [5, 5.41) is 15.3. The van der Waals surface area contributed by atoms with Crippen LogP contribution in [-0.4, -0.2) is 37.9 Å². The van der Waals surface area contributed by atoms with Gasteiger partial charge in [-0.2, -0.15) is 0 Å². The molecule has 0 aliphatic heterocycles. The molecule has 0 spiro atoms. The second kappa shape index (κ2) is 19.6. The van der Waals surface area contributed by atoms with Crippen molar-refractivity contribution in [3.63, 3.8) is 0 Å². The fraction of sp³-hybridized carbons (Fsp3) is 0.889. The number of hydrogen-bond donors (Lipinski definition) is 3. The maximum atomic E-state index is 8.62. The predicted molar refractivity (Wildman–Crippen MR) is 93.8 cm³/mol. The first-order valence-corrected chi connectivity index (χ1v) is 9.09. The highest BCUT2D eigenvalue weighted by Gasteiger charge is 1.90. The van der Waals surface area contributed by atoms with Crippen LogP contribution in [0, 0.1) is 0 Å². The smallest absolute Gasteiger partial charge is 0.0555 e. The molecule has 0 aromatic heterocycles. The third-order valence-corrected chi connectivity index (χ3v) is 3.65. The summed E-state index contributed by atoms with van der Waals surface area (Å²) in [4.78, 5) is 0. The molecule has 0 aromatic rings. The van der Waals surface area contributed by atoms with Crippen molar-refractivity contribution in [2.45, 2.75) is 71.1 Å². The fourth-order valence-corrected chi connectivity index (χ4v) is 2.31. The van der Waals surface area contributed by atoms with Crippen molar-refractivity contribution in [3.8, 4) is 0 Å². The summed E-state index contributed by atoms with van der Waals surface area (Å²) in [5.74, 6) is 0. The van der Waals surface area contributed by atoms with Crippen molar-refractivity contribution < 1.29 is 5.11 Å². The first kappa shape index (κ1) is 20.6. The highest BCUT2D eigenvalue weighted by molar-refractivity contribution is 4.83. The van der Waals surface area contributed by atoms with E-state index in [0.29, 0.717) is 0 Å². The van der Waals surface area contributed by atoms with E-state index in [-0.39, 0.29) is 6.61 Å². The summed E-state index contributed by atoms with van der Waals surface area (Å²) in [5.41, 5.74) is 0. The molecule has 0 amide bonds. The molecule has 0 atom stereocenters. The summed E-state index contributed by atoms with van der Waals surface area (Å²) in [6.45, 7) is 6.47. The largest absolute Gasteiger partial charge is 0.395 e. The lowest BCUT2D eigenvalue weighted by Crippen LogP contribution is -2.19. The van der Waals surface area contributed by atoms with E-state index in [1.165, 1.54) is 64.2 Å². The number of unbranched alkanes of at least 4 members (excludes halogenated alkanes) is 8. The average molecular weight is 299 g/mol. The highest BCUT2D eigenvalue weighted by Crippen LogP contribution is 2.03. The minimum absolute atomic E-state index is 0.248. The SMILES string of the molecule is CCCCCCCNC/C=C/CCCCCCNCCO. The van der Waals surface area contributed by atoms with Crippen molar-refractivity contribution in [1.82, 2.24) is 10.6 Å². The van der Waals surface area contributed by atoms with E-state index in [9.17, 15) is 0 Å². The van der Waals surface area contributed by atoms with Crippen LogP contribution in [-0.2, 0) is 0 Å². The minimum Gasteiger partial charge on any atom is -0.395 e. The van der Waals surface area contributed by atoms with Gasteiger partial charge >= 0.3 is 0 Å². The molecule has 21 heavy (non-hydrogen) atoms. The van der Waals surface area contributed by atoms with Gasteiger partial charge in [0.25, 0.3) is 0 Å². The van der Waals surface area contributed by atoms with Gasteiger partial charge in [0, 0.05) is 13.1 Å². The van der Waals surface area contributed by atoms with Crippen molar-refractivity contribution >= 4 is 0 Å². The lowest BCUT2D eigenvalue weighted by Gasteiger charge is -2.02. The van der Waals surface area contributed by atoms with E-state index in [0.717, 1.165) is 26.2 Å². The summed E-state index contributed by atoms with van der Waals surface area (Å²) in [6.07, 6.45) is 17.7. The molecule has 0 radical (unpaired) electrons. The van der Waals surface area contributed by atoms with Gasteiger partial charge in [-0.15, -0.1) is 0 Å². The van der Waals surface area contributed by atoms with Crippen molar-refractivity contribution in [1.29, 1.82) is 0 Å². The number of aliphatic hydroxyl groups is 1. The van der Waals surface area contributed by atoms with Crippen LogP contribution in [0.2, 0.25) is 0 Å². The van der Waals surface area contributed by atoms with Crippen LogP contribution < -0.4 is 10.6 Å². The van der Waals surface area contributed by atoms with E-state index >= 15 is 0 Å². The molecule has 0 heterocycles. The van der Waals surface area contributed by atoms with E-state index in [4.69, 9.17) is 5.11 Å². The molecule has 0 saturated heterocycles. The van der Waals surface area contributed by atoms with Gasteiger partial charge in [0.05, 0.1) is 6.61 Å². The van der Waals surface area contributed by atoms with Gasteiger partial charge in [-0.3, -0.25) is 0 Å². The molecular weight excluding hydrogens is 260 g/mol. The van der Waals surface area contributed by atoms with Crippen molar-refractivity contribution in [2.24, 2.45) is 0 Å². The van der Waals surface area contributed by atoms with Crippen LogP contribution in [0.3, 0.4) is 0 Å². The molecule has 0 saturated carbocycles. The number of allylic oxidation sites excluding steroid dienone is 1.